The van der Waals surface area contributed by atoms with Crippen molar-refractivity contribution >= 4 is 18.0 Å². The lowest BCUT2D eigenvalue weighted by Gasteiger charge is -2.08. The van der Waals surface area contributed by atoms with Crippen molar-refractivity contribution in [2.45, 2.75) is 52.4 Å². The summed E-state index contributed by atoms with van der Waals surface area (Å²) in [7, 11) is 0. The summed E-state index contributed by atoms with van der Waals surface area (Å²) in [4.78, 5) is 24.0. The van der Waals surface area contributed by atoms with E-state index in [9.17, 15) is 9.59 Å². The van der Waals surface area contributed by atoms with Crippen LogP contribution in [0.5, 0.6) is 11.5 Å². The van der Waals surface area contributed by atoms with Gasteiger partial charge >= 0.3 is 11.9 Å². The SMILES string of the molecule is CCCC=C=C=Cc1ccc(OC(=O)c2ccc(OCCCCCC(=O)OCCOCC)cc2)cc1. The molecule has 0 saturated heterocycles. The van der Waals surface area contributed by atoms with Crippen molar-refractivity contribution in [3.8, 4) is 11.5 Å². The molecule has 0 aliphatic rings. The van der Waals surface area contributed by atoms with Gasteiger partial charge in [-0.05, 0) is 86.7 Å². The Bertz CT molecular complexity index is 1010. The van der Waals surface area contributed by atoms with Crippen LogP contribution in [0.3, 0.4) is 0 Å². The first-order valence-electron chi connectivity index (χ1n) is 12.6. The summed E-state index contributed by atoms with van der Waals surface area (Å²) in [6.07, 6.45) is 8.70. The monoisotopic (exact) mass is 492 g/mol. The van der Waals surface area contributed by atoms with Crippen molar-refractivity contribution in [1.82, 2.24) is 0 Å². The molecule has 0 bridgehead atoms. The molecule has 0 N–H and O–H groups in total. The number of benzene rings is 2. The largest absolute Gasteiger partial charge is 0.494 e. The van der Waals surface area contributed by atoms with E-state index in [1.807, 2.05) is 31.2 Å². The van der Waals surface area contributed by atoms with Gasteiger partial charge in [-0.15, -0.1) is 0 Å². The second-order valence-corrected chi connectivity index (χ2v) is 7.99. The molecule has 0 aromatic heterocycles. The molecule has 192 valence electrons. The first-order valence-corrected chi connectivity index (χ1v) is 12.6. The van der Waals surface area contributed by atoms with Gasteiger partial charge in [0.2, 0.25) is 0 Å². The average molecular weight is 493 g/mol. The zero-order valence-corrected chi connectivity index (χ0v) is 21.3. The second kappa shape index (κ2) is 17.8. The highest BCUT2D eigenvalue weighted by molar-refractivity contribution is 5.91. The van der Waals surface area contributed by atoms with Crippen LogP contribution in [0.25, 0.3) is 6.08 Å². The van der Waals surface area contributed by atoms with Crippen LogP contribution in [0, 0.1) is 0 Å². The molecule has 0 heterocycles. The van der Waals surface area contributed by atoms with Crippen molar-refractivity contribution in [1.29, 1.82) is 0 Å². The predicted octanol–water partition coefficient (Wildman–Crippen LogP) is 6.55. The Balaban J connectivity index is 1.67. The molecule has 2 rings (SSSR count). The third kappa shape index (κ3) is 12.2. The summed E-state index contributed by atoms with van der Waals surface area (Å²) >= 11 is 0. The van der Waals surface area contributed by atoms with Crippen LogP contribution in [-0.2, 0) is 14.3 Å². The highest BCUT2D eigenvalue weighted by Gasteiger charge is 2.09. The van der Waals surface area contributed by atoms with Gasteiger partial charge in [0, 0.05) is 13.0 Å². The summed E-state index contributed by atoms with van der Waals surface area (Å²) in [5.41, 5.74) is 7.38. The lowest BCUT2D eigenvalue weighted by Crippen LogP contribution is -2.10. The standard InChI is InChI=1S/C30H36O6/c1-3-5-6-7-9-12-25-14-18-28(19-15-25)36-30(32)26-16-20-27(21-17-26)34-22-11-8-10-13-29(31)35-24-23-33-4-2/h6,12,14-21H,3-5,8,10-11,13,22-24H2,1-2H3. The van der Waals surface area contributed by atoms with Gasteiger partial charge in [0.1, 0.15) is 18.1 Å². The molecule has 0 saturated carbocycles. The topological polar surface area (TPSA) is 71.1 Å². The van der Waals surface area contributed by atoms with Crippen LogP contribution in [0.2, 0.25) is 0 Å². The van der Waals surface area contributed by atoms with Gasteiger partial charge in [-0.2, -0.15) is 0 Å². The van der Waals surface area contributed by atoms with Gasteiger partial charge in [-0.25, -0.2) is 4.79 Å². The van der Waals surface area contributed by atoms with Crippen molar-refractivity contribution in [3.63, 3.8) is 0 Å². The van der Waals surface area contributed by atoms with Crippen LogP contribution in [0.15, 0.2) is 66.1 Å². The minimum absolute atomic E-state index is 0.196. The van der Waals surface area contributed by atoms with Crippen LogP contribution in [0.1, 0.15) is 68.3 Å². The van der Waals surface area contributed by atoms with Gasteiger partial charge < -0.3 is 18.9 Å². The number of hydrogen-bond acceptors (Lipinski definition) is 6. The van der Waals surface area contributed by atoms with Crippen molar-refractivity contribution < 1.29 is 28.5 Å². The van der Waals surface area contributed by atoms with Crippen LogP contribution >= 0.6 is 0 Å². The molecule has 0 aliphatic heterocycles. The van der Waals surface area contributed by atoms with Crippen LogP contribution in [-0.4, -0.2) is 38.4 Å². The minimum atomic E-state index is -0.430. The van der Waals surface area contributed by atoms with E-state index in [1.54, 1.807) is 36.4 Å². The number of unbranched alkanes of at least 4 members (excludes halogenated alkanes) is 3. The molecule has 0 aliphatic carbocycles. The Morgan fingerprint density at radius 3 is 2.31 bits per heavy atom. The van der Waals surface area contributed by atoms with Gasteiger partial charge in [0.15, 0.2) is 0 Å². The number of carbonyl (C=O) groups is 2. The normalized spacial score (nSPS) is 10.1. The molecule has 36 heavy (non-hydrogen) atoms. The highest BCUT2D eigenvalue weighted by atomic mass is 16.6. The van der Waals surface area contributed by atoms with Crippen molar-refractivity contribution in [2.24, 2.45) is 0 Å². The molecule has 0 atom stereocenters. The maximum absolute atomic E-state index is 12.4. The van der Waals surface area contributed by atoms with Gasteiger partial charge in [-0.1, -0.05) is 36.9 Å². The Morgan fingerprint density at radius 2 is 1.58 bits per heavy atom. The number of carbonyl (C=O) groups excluding carboxylic acids is 2. The zero-order chi connectivity index (χ0) is 25.8. The zero-order valence-electron chi connectivity index (χ0n) is 21.3. The molecule has 0 unspecified atom stereocenters. The number of rotatable bonds is 16. The summed E-state index contributed by atoms with van der Waals surface area (Å²) in [5, 5.41) is 0. The number of ether oxygens (including phenoxy) is 4. The fraction of sp³-hybridized carbons (Fsp3) is 0.400. The molecule has 6 heteroatoms. The fourth-order valence-electron chi connectivity index (χ4n) is 3.05. The van der Waals surface area contributed by atoms with Crippen molar-refractivity contribution in [2.75, 3.05) is 26.4 Å². The molecule has 6 nitrogen and oxygen atoms in total. The van der Waals surface area contributed by atoms with E-state index in [-0.39, 0.29) is 5.97 Å². The smallest absolute Gasteiger partial charge is 0.343 e. The van der Waals surface area contributed by atoms with E-state index in [4.69, 9.17) is 18.9 Å². The molecule has 2 aromatic rings. The maximum Gasteiger partial charge on any atom is 0.343 e. The second-order valence-electron chi connectivity index (χ2n) is 7.99. The highest BCUT2D eigenvalue weighted by Crippen LogP contribution is 2.17. The number of esters is 2. The van der Waals surface area contributed by atoms with E-state index in [0.717, 1.165) is 37.7 Å². The lowest BCUT2D eigenvalue weighted by molar-refractivity contribution is -0.145. The third-order valence-electron chi connectivity index (χ3n) is 5.03. The Kier molecular flexibility index (Phi) is 14.2. The summed E-state index contributed by atoms with van der Waals surface area (Å²) in [5.74, 6) is 0.527. The van der Waals surface area contributed by atoms with Crippen molar-refractivity contribution in [3.05, 3.63) is 77.2 Å². The summed E-state index contributed by atoms with van der Waals surface area (Å²) in [6, 6.07) is 14.1. The average Bonchev–Trinajstić information content (AvgIpc) is 2.90. The van der Waals surface area contributed by atoms with E-state index in [2.05, 4.69) is 18.4 Å². The molecular weight excluding hydrogens is 456 g/mol. The lowest BCUT2D eigenvalue weighted by atomic mass is 10.2. The fourth-order valence-corrected chi connectivity index (χ4v) is 3.05. The minimum Gasteiger partial charge on any atom is -0.494 e. The van der Waals surface area contributed by atoms with E-state index < -0.39 is 5.97 Å². The maximum atomic E-state index is 12.4. The quantitative estimate of drug-likeness (QED) is 0.115. The Hall–Kier alpha value is -3.56. The number of allylic oxidation sites excluding steroid dienone is 1. The Labute approximate surface area is 214 Å². The van der Waals surface area contributed by atoms with Crippen LogP contribution < -0.4 is 9.47 Å². The van der Waals surface area contributed by atoms with Gasteiger partial charge in [0.25, 0.3) is 0 Å². The molecule has 0 radical (unpaired) electrons. The van der Waals surface area contributed by atoms with E-state index >= 15 is 0 Å². The molecule has 0 amide bonds. The molecular formula is C30H36O6. The number of hydrogen-bond donors (Lipinski definition) is 0. The van der Waals surface area contributed by atoms with Gasteiger partial charge in [-0.3, -0.25) is 4.79 Å². The molecule has 0 fully saturated rings. The van der Waals surface area contributed by atoms with Crippen LogP contribution in [0.4, 0.5) is 0 Å². The predicted molar refractivity (Wildman–Crippen MR) is 140 cm³/mol. The van der Waals surface area contributed by atoms with E-state index in [0.29, 0.717) is 49.9 Å². The summed E-state index contributed by atoms with van der Waals surface area (Å²) < 4.78 is 21.4. The van der Waals surface area contributed by atoms with Gasteiger partial charge in [0.05, 0.1) is 18.8 Å². The first kappa shape index (κ1) is 28.7. The first-order chi connectivity index (χ1) is 17.6. The Morgan fingerprint density at radius 1 is 0.833 bits per heavy atom. The molecule has 0 spiro atoms. The summed E-state index contributed by atoms with van der Waals surface area (Å²) in [6.45, 7) is 5.91. The third-order valence-corrected chi connectivity index (χ3v) is 5.03. The molecule has 2 aromatic carbocycles. The van der Waals surface area contributed by atoms with E-state index in [1.165, 1.54) is 0 Å².